The molecule has 0 atom stereocenters. The molecule has 0 saturated heterocycles. The monoisotopic (exact) mass is 674 g/mol. The molecule has 3 aromatic heterocycles. The maximum Gasteiger partial charge on any atom is 0.238 e. The van der Waals surface area contributed by atoms with E-state index in [4.69, 9.17) is 15.0 Å². The van der Waals surface area contributed by atoms with Crippen molar-refractivity contribution < 1.29 is 0 Å². The van der Waals surface area contributed by atoms with Crippen LogP contribution in [0.5, 0.6) is 0 Å². The fourth-order valence-electron chi connectivity index (χ4n) is 6.37. The minimum absolute atomic E-state index is 0.560. The highest BCUT2D eigenvalue weighted by Gasteiger charge is 2.18. The van der Waals surface area contributed by atoms with E-state index in [1.165, 1.54) is 0 Å². The third kappa shape index (κ3) is 6.53. The number of aromatic nitrogens is 6. The molecule has 0 fully saturated rings. The molecule has 0 saturated carbocycles. The van der Waals surface area contributed by atoms with Crippen molar-refractivity contribution >= 4 is 32.8 Å². The standard InChI is InChI=1S/C40H26N6.C4H6.C2H6/c1-4-12-27(13-5-1)29-20-30(28-14-6-2-7-15-28)22-31(21-29)39-41-25-42-40(44-39)46-36-19-11-10-18-33(36)34-23-38-35(24-37(34)46)43-26-45(38)32-16-8-3-9-17-32;1-3-4-2;1-2/h1-26H;3-4H,1-2H2;1-2H3. The summed E-state index contributed by atoms with van der Waals surface area (Å²) in [4.78, 5) is 19.3. The summed E-state index contributed by atoms with van der Waals surface area (Å²) in [5, 5.41) is 2.24. The van der Waals surface area contributed by atoms with Gasteiger partial charge in [0.2, 0.25) is 5.95 Å². The molecule has 6 heteroatoms. The normalized spacial score (nSPS) is 10.7. The molecule has 0 spiro atoms. The lowest BCUT2D eigenvalue weighted by Crippen LogP contribution is -2.03. The second kappa shape index (κ2) is 15.3. The van der Waals surface area contributed by atoms with Crippen molar-refractivity contribution in [2.75, 3.05) is 0 Å². The molecule has 0 amide bonds. The maximum absolute atomic E-state index is 5.10. The van der Waals surface area contributed by atoms with E-state index < -0.39 is 0 Å². The lowest BCUT2D eigenvalue weighted by Gasteiger charge is -2.11. The molecule has 6 nitrogen and oxygen atoms in total. The fourth-order valence-corrected chi connectivity index (χ4v) is 6.37. The van der Waals surface area contributed by atoms with Gasteiger partial charge in [-0.3, -0.25) is 9.13 Å². The van der Waals surface area contributed by atoms with Gasteiger partial charge in [0.1, 0.15) is 12.7 Å². The van der Waals surface area contributed by atoms with E-state index in [-0.39, 0.29) is 0 Å². The molecule has 252 valence electrons. The van der Waals surface area contributed by atoms with Gasteiger partial charge in [-0.15, -0.1) is 0 Å². The molecular weight excluding hydrogens is 637 g/mol. The van der Waals surface area contributed by atoms with E-state index in [1.807, 2.05) is 50.5 Å². The first-order chi connectivity index (χ1) is 25.7. The molecule has 52 heavy (non-hydrogen) atoms. The zero-order valence-electron chi connectivity index (χ0n) is 29.3. The number of allylic oxidation sites excluding steroid dienone is 2. The van der Waals surface area contributed by atoms with Gasteiger partial charge in [-0.2, -0.15) is 4.98 Å². The van der Waals surface area contributed by atoms with Gasteiger partial charge in [0.15, 0.2) is 5.82 Å². The van der Waals surface area contributed by atoms with Crippen molar-refractivity contribution in [3.05, 3.63) is 184 Å². The van der Waals surface area contributed by atoms with Crippen molar-refractivity contribution in [2.45, 2.75) is 13.8 Å². The Labute approximate surface area is 303 Å². The largest absolute Gasteiger partial charge is 0.299 e. The first-order valence-electron chi connectivity index (χ1n) is 17.4. The number of benzene rings is 6. The van der Waals surface area contributed by atoms with Gasteiger partial charge in [0.25, 0.3) is 0 Å². The SMILES string of the molecule is C=CC=C.CC.c1ccc(-c2cc(-c3ccccc3)cc(-c3ncnc(-n4c5ccccc5c5cc6c(cc54)ncn6-c4ccccc4)n3)c2)cc1. The van der Waals surface area contributed by atoms with Gasteiger partial charge < -0.3 is 0 Å². The third-order valence-corrected chi connectivity index (χ3v) is 8.71. The van der Waals surface area contributed by atoms with Gasteiger partial charge in [-0.1, -0.05) is 136 Å². The minimum atomic E-state index is 0.560. The molecule has 9 rings (SSSR count). The van der Waals surface area contributed by atoms with Crippen LogP contribution in [0.25, 0.3) is 78.1 Å². The van der Waals surface area contributed by atoms with Crippen LogP contribution in [0.15, 0.2) is 184 Å². The van der Waals surface area contributed by atoms with Crippen LogP contribution < -0.4 is 0 Å². The van der Waals surface area contributed by atoms with Crippen LogP contribution in [-0.2, 0) is 0 Å². The van der Waals surface area contributed by atoms with E-state index in [0.29, 0.717) is 11.8 Å². The molecule has 0 bridgehead atoms. The van der Waals surface area contributed by atoms with Crippen LogP contribution in [0, 0.1) is 0 Å². The Morgan fingerprint density at radius 3 is 1.71 bits per heavy atom. The second-order valence-electron chi connectivity index (χ2n) is 11.8. The lowest BCUT2D eigenvalue weighted by molar-refractivity contribution is 0.947. The Morgan fingerprint density at radius 2 is 1.08 bits per heavy atom. The number of hydrogen-bond donors (Lipinski definition) is 0. The van der Waals surface area contributed by atoms with E-state index in [2.05, 4.69) is 143 Å². The molecule has 6 aromatic carbocycles. The lowest BCUT2D eigenvalue weighted by atomic mass is 9.96. The quantitative estimate of drug-likeness (QED) is 0.165. The van der Waals surface area contributed by atoms with Crippen LogP contribution in [-0.4, -0.2) is 29.1 Å². The molecule has 0 radical (unpaired) electrons. The number of nitrogens with zero attached hydrogens (tertiary/aromatic N) is 6. The predicted octanol–water partition coefficient (Wildman–Crippen LogP) is 11.7. The highest BCUT2D eigenvalue weighted by Crippen LogP contribution is 2.36. The summed E-state index contributed by atoms with van der Waals surface area (Å²) in [6.07, 6.45) is 6.77. The van der Waals surface area contributed by atoms with Crippen LogP contribution in [0.3, 0.4) is 0 Å². The summed E-state index contributed by atoms with van der Waals surface area (Å²) in [5.41, 5.74) is 10.4. The number of fused-ring (bicyclic) bond motifs is 4. The number of para-hydroxylation sites is 2. The van der Waals surface area contributed by atoms with E-state index in [9.17, 15) is 0 Å². The smallest absolute Gasteiger partial charge is 0.238 e. The Balaban J connectivity index is 0.000000658. The maximum atomic E-state index is 5.10. The molecule has 0 aliphatic rings. The Morgan fingerprint density at radius 1 is 0.500 bits per heavy atom. The highest BCUT2D eigenvalue weighted by atomic mass is 15.2. The summed E-state index contributed by atoms with van der Waals surface area (Å²) in [5.74, 6) is 1.17. The molecular formula is C46H38N6. The van der Waals surface area contributed by atoms with E-state index in [1.54, 1.807) is 18.5 Å². The van der Waals surface area contributed by atoms with Gasteiger partial charge in [-0.05, 0) is 70.8 Å². The van der Waals surface area contributed by atoms with Gasteiger partial charge >= 0.3 is 0 Å². The van der Waals surface area contributed by atoms with Crippen molar-refractivity contribution in [3.63, 3.8) is 0 Å². The zero-order chi connectivity index (χ0) is 35.9. The zero-order valence-corrected chi connectivity index (χ0v) is 29.3. The van der Waals surface area contributed by atoms with Gasteiger partial charge in [0, 0.05) is 22.0 Å². The average Bonchev–Trinajstić information content (AvgIpc) is 3.80. The summed E-state index contributed by atoms with van der Waals surface area (Å²) in [7, 11) is 0. The molecule has 0 N–H and O–H groups in total. The van der Waals surface area contributed by atoms with E-state index in [0.717, 1.165) is 66.3 Å². The molecule has 0 aliphatic carbocycles. The Bertz CT molecular complexity index is 2560. The van der Waals surface area contributed by atoms with Crippen LogP contribution in [0.1, 0.15) is 13.8 Å². The molecule has 0 unspecified atom stereocenters. The predicted molar refractivity (Wildman–Crippen MR) is 217 cm³/mol. The summed E-state index contributed by atoms with van der Waals surface area (Å²) in [6, 6.07) is 50.4. The molecule has 0 aliphatic heterocycles. The summed E-state index contributed by atoms with van der Waals surface area (Å²) in [6.45, 7) is 10.7. The van der Waals surface area contributed by atoms with Crippen molar-refractivity contribution in [2.24, 2.45) is 0 Å². The first-order valence-corrected chi connectivity index (χ1v) is 17.4. The minimum Gasteiger partial charge on any atom is -0.299 e. The average molecular weight is 675 g/mol. The van der Waals surface area contributed by atoms with Crippen LogP contribution >= 0.6 is 0 Å². The second-order valence-corrected chi connectivity index (χ2v) is 11.8. The van der Waals surface area contributed by atoms with Gasteiger partial charge in [0.05, 0.1) is 22.1 Å². The topological polar surface area (TPSA) is 61.4 Å². The summed E-state index contributed by atoms with van der Waals surface area (Å²) < 4.78 is 4.25. The fraction of sp³-hybridized carbons (Fsp3) is 0.0435. The first kappa shape index (κ1) is 33.6. The van der Waals surface area contributed by atoms with E-state index >= 15 is 0 Å². The van der Waals surface area contributed by atoms with Crippen molar-refractivity contribution in [1.29, 1.82) is 0 Å². The van der Waals surface area contributed by atoms with Crippen LogP contribution in [0.2, 0.25) is 0 Å². The Hall–Kier alpha value is -6.92. The van der Waals surface area contributed by atoms with Gasteiger partial charge in [-0.25, -0.2) is 15.0 Å². The highest BCUT2D eigenvalue weighted by molar-refractivity contribution is 6.12. The van der Waals surface area contributed by atoms with Crippen molar-refractivity contribution in [1.82, 2.24) is 29.1 Å². The third-order valence-electron chi connectivity index (χ3n) is 8.71. The molecule has 3 heterocycles. The molecule has 9 aromatic rings. The number of rotatable bonds is 6. The Kier molecular flexibility index (Phi) is 9.89. The number of hydrogen-bond acceptors (Lipinski definition) is 4. The van der Waals surface area contributed by atoms with Crippen LogP contribution in [0.4, 0.5) is 0 Å². The summed E-state index contributed by atoms with van der Waals surface area (Å²) >= 11 is 0. The van der Waals surface area contributed by atoms with Crippen molar-refractivity contribution in [3.8, 4) is 45.3 Å². The number of imidazole rings is 1.